The fraction of sp³-hybridized carbons (Fsp3) is 0.469. The zero-order chi connectivity index (χ0) is 28.1. The van der Waals surface area contributed by atoms with Crippen molar-refractivity contribution in [3.05, 3.63) is 66.2 Å². The molecule has 2 saturated heterocycles. The lowest BCUT2D eigenvalue weighted by molar-refractivity contribution is 0.0703. The fourth-order valence-corrected chi connectivity index (χ4v) is 5.92. The van der Waals surface area contributed by atoms with Crippen molar-refractivity contribution in [3.63, 3.8) is 0 Å². The van der Waals surface area contributed by atoms with Gasteiger partial charge in [-0.3, -0.25) is 9.80 Å². The Hall–Kier alpha value is -3.49. The van der Waals surface area contributed by atoms with E-state index in [4.69, 9.17) is 9.47 Å². The molecule has 0 N–H and O–H groups in total. The number of fused-ring (bicyclic) bond motifs is 1. The SMILES string of the molecule is COc1ccc(N2CCN(C(=O)OCCN3CCN(Cc4ccc(N(C)C)c5ccccc45)CC3)CC2C)cc1. The molecule has 0 aromatic heterocycles. The van der Waals surface area contributed by atoms with Gasteiger partial charge in [-0.25, -0.2) is 4.79 Å². The first-order chi connectivity index (χ1) is 19.4. The van der Waals surface area contributed by atoms with Gasteiger partial charge in [-0.05, 0) is 48.2 Å². The first kappa shape index (κ1) is 28.1. The zero-order valence-electron chi connectivity index (χ0n) is 24.4. The van der Waals surface area contributed by atoms with E-state index >= 15 is 0 Å². The maximum Gasteiger partial charge on any atom is 0.409 e. The Morgan fingerprint density at radius 3 is 2.25 bits per heavy atom. The summed E-state index contributed by atoms with van der Waals surface area (Å²) < 4.78 is 11.0. The van der Waals surface area contributed by atoms with E-state index < -0.39 is 0 Å². The highest BCUT2D eigenvalue weighted by Gasteiger charge is 2.28. The van der Waals surface area contributed by atoms with Gasteiger partial charge in [0.15, 0.2) is 0 Å². The number of carbonyl (C=O) groups is 1. The van der Waals surface area contributed by atoms with Crippen LogP contribution in [0.15, 0.2) is 60.7 Å². The van der Waals surface area contributed by atoms with Crippen LogP contribution in [-0.2, 0) is 11.3 Å². The van der Waals surface area contributed by atoms with Crippen molar-refractivity contribution in [2.45, 2.75) is 19.5 Å². The van der Waals surface area contributed by atoms with Gasteiger partial charge in [0, 0.05) is 95.8 Å². The summed E-state index contributed by atoms with van der Waals surface area (Å²) in [7, 11) is 5.88. The molecule has 3 aromatic rings. The van der Waals surface area contributed by atoms with Crippen LogP contribution in [-0.4, -0.2) is 107 Å². The molecule has 3 aromatic carbocycles. The number of hydrogen-bond acceptors (Lipinski definition) is 7. The molecule has 1 unspecified atom stereocenters. The third-order valence-corrected chi connectivity index (χ3v) is 8.25. The highest BCUT2D eigenvalue weighted by molar-refractivity contribution is 5.96. The molecule has 1 atom stereocenters. The minimum Gasteiger partial charge on any atom is -0.497 e. The van der Waals surface area contributed by atoms with E-state index in [1.165, 1.54) is 22.0 Å². The average molecular weight is 546 g/mol. The maximum atomic E-state index is 12.8. The predicted octanol–water partition coefficient (Wildman–Crippen LogP) is 4.38. The number of anilines is 2. The number of carbonyl (C=O) groups excluding carboxylic acids is 1. The number of nitrogens with zero attached hydrogens (tertiary/aromatic N) is 5. The molecule has 8 heteroatoms. The summed E-state index contributed by atoms with van der Waals surface area (Å²) in [6.07, 6.45) is -0.201. The summed E-state index contributed by atoms with van der Waals surface area (Å²) in [6.45, 7) is 10.4. The second-order valence-corrected chi connectivity index (χ2v) is 11.1. The van der Waals surface area contributed by atoms with Gasteiger partial charge in [0.1, 0.15) is 12.4 Å². The van der Waals surface area contributed by atoms with Crippen LogP contribution in [0.3, 0.4) is 0 Å². The molecule has 2 heterocycles. The quantitative estimate of drug-likeness (QED) is 0.417. The van der Waals surface area contributed by atoms with Gasteiger partial charge in [0.25, 0.3) is 0 Å². The van der Waals surface area contributed by atoms with Gasteiger partial charge in [-0.1, -0.05) is 30.3 Å². The van der Waals surface area contributed by atoms with Gasteiger partial charge >= 0.3 is 6.09 Å². The molecule has 2 aliphatic rings. The Morgan fingerprint density at radius 2 is 1.57 bits per heavy atom. The van der Waals surface area contributed by atoms with Crippen LogP contribution >= 0.6 is 0 Å². The third-order valence-electron chi connectivity index (χ3n) is 8.25. The number of rotatable bonds is 8. The van der Waals surface area contributed by atoms with E-state index in [0.717, 1.165) is 57.3 Å². The van der Waals surface area contributed by atoms with Gasteiger partial charge in [-0.2, -0.15) is 0 Å². The topological polar surface area (TPSA) is 51.7 Å². The number of hydrogen-bond donors (Lipinski definition) is 0. The summed E-state index contributed by atoms with van der Waals surface area (Å²) in [5.41, 5.74) is 3.79. The first-order valence-electron chi connectivity index (χ1n) is 14.4. The van der Waals surface area contributed by atoms with Crippen LogP contribution in [0.1, 0.15) is 12.5 Å². The second kappa shape index (κ2) is 12.8. The zero-order valence-corrected chi connectivity index (χ0v) is 24.4. The monoisotopic (exact) mass is 545 g/mol. The van der Waals surface area contributed by atoms with E-state index in [1.54, 1.807) is 7.11 Å². The van der Waals surface area contributed by atoms with Gasteiger partial charge < -0.3 is 24.2 Å². The lowest BCUT2D eigenvalue weighted by atomic mass is 10.0. The smallest absolute Gasteiger partial charge is 0.409 e. The Bertz CT molecular complexity index is 1270. The molecule has 0 radical (unpaired) electrons. The number of amides is 1. The maximum absolute atomic E-state index is 12.8. The largest absolute Gasteiger partial charge is 0.497 e. The van der Waals surface area contributed by atoms with E-state index in [9.17, 15) is 4.79 Å². The van der Waals surface area contributed by atoms with Crippen LogP contribution in [0.5, 0.6) is 5.75 Å². The number of piperazine rings is 2. The van der Waals surface area contributed by atoms with E-state index in [2.05, 4.69) is 89.1 Å². The average Bonchev–Trinajstić information content (AvgIpc) is 2.98. The van der Waals surface area contributed by atoms with Crippen LogP contribution in [0.25, 0.3) is 10.8 Å². The first-order valence-corrected chi connectivity index (χ1v) is 14.4. The predicted molar refractivity (Wildman–Crippen MR) is 163 cm³/mol. The molecule has 214 valence electrons. The number of ether oxygens (including phenoxy) is 2. The Labute approximate surface area is 238 Å². The standard InChI is InChI=1S/C32H43N5O3/c1-25-23-36(19-20-37(25)27-10-12-28(39-4)13-11-27)32(38)40-22-21-34-15-17-35(18-16-34)24-26-9-14-31(33(2)3)30-8-6-5-7-29(26)30/h5-14,25H,15-24H2,1-4H3. The molecule has 0 aliphatic carbocycles. The normalized spacial score (nSPS) is 18.6. The minimum atomic E-state index is -0.201. The highest BCUT2D eigenvalue weighted by Crippen LogP contribution is 2.29. The fourth-order valence-electron chi connectivity index (χ4n) is 5.92. The highest BCUT2D eigenvalue weighted by atomic mass is 16.6. The van der Waals surface area contributed by atoms with Crippen molar-refractivity contribution in [1.29, 1.82) is 0 Å². The minimum absolute atomic E-state index is 0.201. The molecule has 40 heavy (non-hydrogen) atoms. The van der Waals surface area contributed by atoms with E-state index in [-0.39, 0.29) is 12.1 Å². The van der Waals surface area contributed by atoms with Crippen molar-refractivity contribution in [2.24, 2.45) is 0 Å². The summed E-state index contributed by atoms with van der Waals surface area (Å²) in [5, 5.41) is 2.64. The third kappa shape index (κ3) is 6.45. The summed E-state index contributed by atoms with van der Waals surface area (Å²) in [4.78, 5) is 24.1. The van der Waals surface area contributed by atoms with Crippen LogP contribution in [0.4, 0.5) is 16.2 Å². The van der Waals surface area contributed by atoms with Crippen molar-refractivity contribution in [1.82, 2.24) is 14.7 Å². The molecule has 0 saturated carbocycles. The van der Waals surface area contributed by atoms with Crippen molar-refractivity contribution >= 4 is 28.2 Å². The molecular formula is C32H43N5O3. The Kier molecular flexibility index (Phi) is 8.97. The van der Waals surface area contributed by atoms with E-state index in [0.29, 0.717) is 19.7 Å². The number of methoxy groups -OCH3 is 1. The number of benzene rings is 3. The molecule has 0 spiro atoms. The van der Waals surface area contributed by atoms with Crippen LogP contribution < -0.4 is 14.5 Å². The molecule has 2 fully saturated rings. The Balaban J connectivity index is 1.04. The van der Waals surface area contributed by atoms with Crippen molar-refractivity contribution in [3.8, 4) is 5.75 Å². The molecule has 8 nitrogen and oxygen atoms in total. The lowest BCUT2D eigenvalue weighted by Gasteiger charge is -2.40. The summed E-state index contributed by atoms with van der Waals surface area (Å²) >= 11 is 0. The van der Waals surface area contributed by atoms with Crippen molar-refractivity contribution < 1.29 is 14.3 Å². The molecule has 0 bridgehead atoms. The molecular weight excluding hydrogens is 502 g/mol. The van der Waals surface area contributed by atoms with Gasteiger partial charge in [-0.15, -0.1) is 0 Å². The Morgan fingerprint density at radius 1 is 0.875 bits per heavy atom. The summed E-state index contributed by atoms with van der Waals surface area (Å²) in [6, 6.07) is 21.6. The molecule has 2 aliphatic heterocycles. The van der Waals surface area contributed by atoms with Gasteiger partial charge in [0.2, 0.25) is 0 Å². The second-order valence-electron chi connectivity index (χ2n) is 11.1. The van der Waals surface area contributed by atoms with Crippen LogP contribution in [0, 0.1) is 0 Å². The summed E-state index contributed by atoms with van der Waals surface area (Å²) in [5.74, 6) is 0.851. The molecule has 1 amide bonds. The molecule has 5 rings (SSSR count). The van der Waals surface area contributed by atoms with E-state index in [1.807, 2.05) is 17.0 Å². The van der Waals surface area contributed by atoms with Crippen molar-refractivity contribution in [2.75, 3.05) is 90.0 Å². The van der Waals surface area contributed by atoms with Gasteiger partial charge in [0.05, 0.1) is 7.11 Å². The lowest BCUT2D eigenvalue weighted by Crippen LogP contribution is -2.54. The van der Waals surface area contributed by atoms with Crippen LogP contribution in [0.2, 0.25) is 0 Å².